The number of nitrogens with one attached hydrogen (secondary N) is 1. The second-order valence-electron chi connectivity index (χ2n) is 7.44. The zero-order chi connectivity index (χ0) is 21.3. The molecular weight excluding hydrogens is 399 g/mol. The Morgan fingerprint density at radius 1 is 0.967 bits per heavy atom. The average molecular weight is 421 g/mol. The predicted molar refractivity (Wildman–Crippen MR) is 103 cm³/mol. The van der Waals surface area contributed by atoms with Crippen molar-refractivity contribution in [2.75, 3.05) is 31.5 Å². The SMILES string of the molecule is O=C(Nc1ccccc1C(F)(F)F)N1CCN(C(=O)c2cnn3c2CCCC3)CC1. The van der Waals surface area contributed by atoms with E-state index >= 15 is 0 Å². The first-order valence-corrected chi connectivity index (χ1v) is 9.90. The van der Waals surface area contributed by atoms with Crippen LogP contribution in [0.4, 0.5) is 23.7 Å². The monoisotopic (exact) mass is 421 g/mol. The summed E-state index contributed by atoms with van der Waals surface area (Å²) in [6, 6.07) is 4.26. The molecule has 0 radical (unpaired) electrons. The Bertz CT molecular complexity index is 948. The van der Waals surface area contributed by atoms with E-state index in [4.69, 9.17) is 0 Å². The Kier molecular flexibility index (Phi) is 5.40. The number of anilines is 1. The lowest BCUT2D eigenvalue weighted by molar-refractivity contribution is -0.136. The fraction of sp³-hybridized carbons (Fsp3) is 0.450. The Morgan fingerprint density at radius 2 is 1.67 bits per heavy atom. The van der Waals surface area contributed by atoms with Gasteiger partial charge in [-0.3, -0.25) is 9.48 Å². The van der Waals surface area contributed by atoms with Crippen molar-refractivity contribution >= 4 is 17.6 Å². The quantitative estimate of drug-likeness (QED) is 0.810. The van der Waals surface area contributed by atoms with Crippen LogP contribution < -0.4 is 5.32 Å². The lowest BCUT2D eigenvalue weighted by atomic mass is 10.1. The summed E-state index contributed by atoms with van der Waals surface area (Å²) in [7, 11) is 0. The van der Waals surface area contributed by atoms with Gasteiger partial charge in [-0.05, 0) is 31.4 Å². The van der Waals surface area contributed by atoms with Crippen molar-refractivity contribution in [3.8, 4) is 0 Å². The molecule has 0 unspecified atom stereocenters. The standard InChI is InChI=1S/C20H22F3N5O2/c21-20(22,23)15-5-1-2-6-16(15)25-19(30)27-11-9-26(10-12-27)18(29)14-13-24-28-8-4-3-7-17(14)28/h1-2,5-6,13H,3-4,7-12H2,(H,25,30). The molecule has 2 aliphatic rings. The number of hydrogen-bond donors (Lipinski definition) is 1. The Morgan fingerprint density at radius 3 is 2.40 bits per heavy atom. The number of hydrogen-bond acceptors (Lipinski definition) is 3. The minimum Gasteiger partial charge on any atom is -0.335 e. The van der Waals surface area contributed by atoms with E-state index in [2.05, 4.69) is 10.4 Å². The van der Waals surface area contributed by atoms with Gasteiger partial charge in [-0.15, -0.1) is 0 Å². The van der Waals surface area contributed by atoms with Gasteiger partial charge in [0, 0.05) is 32.7 Å². The molecule has 3 amide bonds. The van der Waals surface area contributed by atoms with Crippen molar-refractivity contribution in [1.82, 2.24) is 19.6 Å². The number of aromatic nitrogens is 2. The first-order chi connectivity index (χ1) is 14.3. The van der Waals surface area contributed by atoms with Crippen LogP contribution in [0.15, 0.2) is 30.5 Å². The zero-order valence-corrected chi connectivity index (χ0v) is 16.3. The molecule has 2 aromatic rings. The molecule has 7 nitrogen and oxygen atoms in total. The van der Waals surface area contributed by atoms with Gasteiger partial charge < -0.3 is 15.1 Å². The molecule has 1 aromatic carbocycles. The fourth-order valence-corrected chi connectivity index (χ4v) is 3.92. The second kappa shape index (κ2) is 8.00. The van der Waals surface area contributed by atoms with E-state index in [0.717, 1.165) is 37.6 Å². The number of aryl methyl sites for hydroxylation is 1. The van der Waals surface area contributed by atoms with Gasteiger partial charge in [-0.25, -0.2) is 4.79 Å². The third-order valence-electron chi connectivity index (χ3n) is 5.54. The number of alkyl halides is 3. The molecule has 1 saturated heterocycles. The van der Waals surface area contributed by atoms with E-state index in [-0.39, 0.29) is 24.7 Å². The van der Waals surface area contributed by atoms with Gasteiger partial charge in [-0.2, -0.15) is 18.3 Å². The summed E-state index contributed by atoms with van der Waals surface area (Å²) in [5.41, 5.74) is 0.389. The topological polar surface area (TPSA) is 70.5 Å². The number of halogens is 3. The second-order valence-corrected chi connectivity index (χ2v) is 7.44. The predicted octanol–water partition coefficient (Wildman–Crippen LogP) is 3.23. The van der Waals surface area contributed by atoms with Gasteiger partial charge in [0.25, 0.3) is 5.91 Å². The van der Waals surface area contributed by atoms with Crippen molar-refractivity contribution in [2.45, 2.75) is 32.0 Å². The summed E-state index contributed by atoms with van der Waals surface area (Å²) < 4.78 is 41.2. The minimum absolute atomic E-state index is 0.111. The largest absolute Gasteiger partial charge is 0.418 e. The van der Waals surface area contributed by atoms with Crippen LogP contribution in [0.25, 0.3) is 0 Å². The van der Waals surface area contributed by atoms with Crippen LogP contribution in [0, 0.1) is 0 Å². The maximum atomic E-state index is 13.1. The summed E-state index contributed by atoms with van der Waals surface area (Å²) in [5, 5.41) is 6.64. The van der Waals surface area contributed by atoms with Crippen LogP contribution in [-0.2, 0) is 19.1 Å². The molecular formula is C20H22F3N5O2. The van der Waals surface area contributed by atoms with Gasteiger partial charge in [0.1, 0.15) is 0 Å². The molecule has 10 heteroatoms. The number of carbonyl (C=O) groups excluding carboxylic acids is 2. The van der Waals surface area contributed by atoms with Gasteiger partial charge in [0.15, 0.2) is 0 Å². The summed E-state index contributed by atoms with van der Waals surface area (Å²) in [6.45, 7) is 1.94. The number of nitrogens with zero attached hydrogens (tertiary/aromatic N) is 4. The number of para-hydroxylation sites is 1. The molecule has 30 heavy (non-hydrogen) atoms. The number of urea groups is 1. The number of rotatable bonds is 2. The number of benzene rings is 1. The van der Waals surface area contributed by atoms with Crippen LogP contribution in [0.2, 0.25) is 0 Å². The van der Waals surface area contributed by atoms with Crippen molar-refractivity contribution in [3.63, 3.8) is 0 Å². The zero-order valence-electron chi connectivity index (χ0n) is 16.3. The highest BCUT2D eigenvalue weighted by Crippen LogP contribution is 2.34. The highest BCUT2D eigenvalue weighted by atomic mass is 19.4. The Labute approximate surface area is 171 Å². The first-order valence-electron chi connectivity index (χ1n) is 9.90. The average Bonchev–Trinajstić information content (AvgIpc) is 3.17. The summed E-state index contributed by atoms with van der Waals surface area (Å²) in [4.78, 5) is 28.4. The van der Waals surface area contributed by atoms with Crippen molar-refractivity contribution in [2.24, 2.45) is 0 Å². The van der Waals surface area contributed by atoms with E-state index in [1.54, 1.807) is 11.1 Å². The summed E-state index contributed by atoms with van der Waals surface area (Å²) in [5.74, 6) is -0.111. The van der Waals surface area contributed by atoms with Crippen LogP contribution in [0.1, 0.15) is 34.5 Å². The van der Waals surface area contributed by atoms with Crippen molar-refractivity contribution < 1.29 is 22.8 Å². The van der Waals surface area contributed by atoms with Crippen LogP contribution >= 0.6 is 0 Å². The molecule has 4 rings (SSSR count). The lowest BCUT2D eigenvalue weighted by Crippen LogP contribution is -2.51. The minimum atomic E-state index is -4.56. The molecule has 1 aromatic heterocycles. The molecule has 2 aliphatic heterocycles. The van der Waals surface area contributed by atoms with Gasteiger partial charge in [0.05, 0.1) is 28.7 Å². The third kappa shape index (κ3) is 3.99. The van der Waals surface area contributed by atoms with E-state index < -0.39 is 17.8 Å². The third-order valence-corrected chi connectivity index (χ3v) is 5.54. The Balaban J connectivity index is 1.38. The van der Waals surface area contributed by atoms with Crippen molar-refractivity contribution in [3.05, 3.63) is 47.3 Å². The highest BCUT2D eigenvalue weighted by molar-refractivity contribution is 5.95. The number of fused-ring (bicyclic) bond motifs is 1. The van der Waals surface area contributed by atoms with E-state index in [0.29, 0.717) is 18.7 Å². The molecule has 0 aliphatic carbocycles. The first kappa shape index (κ1) is 20.2. The van der Waals surface area contributed by atoms with Crippen LogP contribution in [0.5, 0.6) is 0 Å². The number of piperazine rings is 1. The molecule has 3 heterocycles. The van der Waals surface area contributed by atoms with Gasteiger partial charge in [-0.1, -0.05) is 12.1 Å². The highest BCUT2D eigenvalue weighted by Gasteiger charge is 2.34. The van der Waals surface area contributed by atoms with Crippen LogP contribution in [-0.4, -0.2) is 57.7 Å². The van der Waals surface area contributed by atoms with E-state index in [9.17, 15) is 22.8 Å². The molecule has 0 spiro atoms. The summed E-state index contributed by atoms with van der Waals surface area (Å²) >= 11 is 0. The number of amides is 3. The molecule has 1 fully saturated rings. The molecule has 0 bridgehead atoms. The smallest absolute Gasteiger partial charge is 0.335 e. The maximum Gasteiger partial charge on any atom is 0.418 e. The molecule has 1 N–H and O–H groups in total. The summed E-state index contributed by atoms with van der Waals surface area (Å²) in [6.07, 6.45) is -0.0508. The molecule has 0 atom stereocenters. The van der Waals surface area contributed by atoms with Crippen LogP contribution in [0.3, 0.4) is 0 Å². The van der Waals surface area contributed by atoms with E-state index in [1.807, 2.05) is 4.68 Å². The van der Waals surface area contributed by atoms with Gasteiger partial charge >= 0.3 is 12.2 Å². The van der Waals surface area contributed by atoms with Crippen molar-refractivity contribution in [1.29, 1.82) is 0 Å². The Hall–Kier alpha value is -3.04. The molecule has 160 valence electrons. The lowest BCUT2D eigenvalue weighted by Gasteiger charge is -2.35. The van der Waals surface area contributed by atoms with E-state index in [1.165, 1.54) is 23.1 Å². The fourth-order valence-electron chi connectivity index (χ4n) is 3.92. The number of carbonyl (C=O) groups is 2. The van der Waals surface area contributed by atoms with Gasteiger partial charge in [0.2, 0.25) is 0 Å². The normalized spacial score (nSPS) is 16.9. The molecule has 0 saturated carbocycles. The maximum absolute atomic E-state index is 13.1.